The average Bonchev–Trinajstić information content (AvgIpc) is 3.47. The number of hydrogen-bond acceptors (Lipinski definition) is 2. The first kappa shape index (κ1) is 41.7. The molecule has 1 aromatic carbocycles. The molecule has 0 aliphatic carbocycles. The minimum absolute atomic E-state index is 0.550. The quantitative estimate of drug-likeness (QED) is 0.0675. The summed E-state index contributed by atoms with van der Waals surface area (Å²) in [6.07, 6.45) is 51.3. The Hall–Kier alpha value is -1.44. The van der Waals surface area contributed by atoms with Crippen LogP contribution in [0.4, 0.5) is 0 Å². The molecule has 0 saturated carbocycles. The van der Waals surface area contributed by atoms with E-state index in [-0.39, 0.29) is 0 Å². The van der Waals surface area contributed by atoms with Gasteiger partial charge in [-0.15, -0.1) is 0 Å². The molecule has 0 spiro atoms. The molecule has 0 amide bonds. The predicted octanol–water partition coefficient (Wildman–Crippen LogP) is 15.1. The fourth-order valence-corrected chi connectivity index (χ4v) is 7.61. The van der Waals surface area contributed by atoms with E-state index >= 15 is 0 Å². The van der Waals surface area contributed by atoms with Crippen molar-refractivity contribution >= 4 is 0 Å². The normalized spacial score (nSPS) is 14.6. The van der Waals surface area contributed by atoms with E-state index < -0.39 is 0 Å². The van der Waals surface area contributed by atoms with Gasteiger partial charge in [-0.05, 0) is 24.8 Å². The van der Waals surface area contributed by atoms with Crippen molar-refractivity contribution in [3.63, 3.8) is 0 Å². The maximum Gasteiger partial charge on any atom is 0.101 e. The minimum Gasteiger partial charge on any atom is -0.356 e. The standard InChI is InChI=1S/C45H82N2/c1-3-5-7-9-11-13-15-17-19-20-21-22-24-26-28-30-35-39-45-46(41-42-47(45)43-44-37-33-32-34-38-44)40-36-31-29-27-25-23-18-16-14-12-10-8-6-4-2/h32-34,37-38,41-42,45H,3-31,35-36,39-40,43H2,1-2H3. The Morgan fingerprint density at radius 2 is 0.723 bits per heavy atom. The number of nitrogens with zero attached hydrogens (tertiary/aromatic N) is 2. The Morgan fingerprint density at radius 1 is 0.383 bits per heavy atom. The van der Waals surface area contributed by atoms with Crippen molar-refractivity contribution in [2.45, 2.75) is 232 Å². The molecule has 2 heteroatoms. The van der Waals surface area contributed by atoms with Gasteiger partial charge < -0.3 is 9.80 Å². The lowest BCUT2D eigenvalue weighted by atomic mass is 10.0. The zero-order valence-corrected chi connectivity index (χ0v) is 32.1. The van der Waals surface area contributed by atoms with Gasteiger partial charge >= 0.3 is 0 Å². The summed E-state index contributed by atoms with van der Waals surface area (Å²) in [4.78, 5) is 5.29. The summed E-state index contributed by atoms with van der Waals surface area (Å²) in [7, 11) is 0. The largest absolute Gasteiger partial charge is 0.356 e. The van der Waals surface area contributed by atoms with E-state index in [0.717, 1.165) is 6.54 Å². The van der Waals surface area contributed by atoms with Crippen LogP contribution in [0.25, 0.3) is 0 Å². The number of unbranched alkanes of at least 4 members (excludes halogenated alkanes) is 29. The van der Waals surface area contributed by atoms with Crippen molar-refractivity contribution in [3.05, 3.63) is 48.3 Å². The van der Waals surface area contributed by atoms with Crippen molar-refractivity contribution in [1.29, 1.82) is 0 Å². The molecule has 1 aromatic rings. The third-order valence-electron chi connectivity index (χ3n) is 10.8. The fourth-order valence-electron chi connectivity index (χ4n) is 7.61. The van der Waals surface area contributed by atoms with Crippen LogP contribution in [0.3, 0.4) is 0 Å². The predicted molar refractivity (Wildman–Crippen MR) is 211 cm³/mol. The van der Waals surface area contributed by atoms with Gasteiger partial charge in [0.25, 0.3) is 0 Å². The van der Waals surface area contributed by atoms with Crippen LogP contribution in [0.5, 0.6) is 0 Å². The molecule has 2 rings (SSSR count). The first-order valence-electron chi connectivity index (χ1n) is 21.6. The molecule has 0 radical (unpaired) electrons. The van der Waals surface area contributed by atoms with Crippen molar-refractivity contribution < 1.29 is 0 Å². The van der Waals surface area contributed by atoms with Gasteiger partial charge in [-0.2, -0.15) is 0 Å². The third kappa shape index (κ3) is 23.5. The van der Waals surface area contributed by atoms with Crippen molar-refractivity contribution in [2.75, 3.05) is 6.54 Å². The summed E-state index contributed by atoms with van der Waals surface area (Å²) in [6, 6.07) is 11.1. The summed E-state index contributed by atoms with van der Waals surface area (Å²) in [5.41, 5.74) is 1.43. The van der Waals surface area contributed by atoms with Crippen LogP contribution in [-0.2, 0) is 6.54 Å². The first-order valence-corrected chi connectivity index (χ1v) is 21.6. The number of benzene rings is 1. The van der Waals surface area contributed by atoms with E-state index in [0.29, 0.717) is 6.17 Å². The molecule has 1 heterocycles. The number of hydrogen-bond donors (Lipinski definition) is 0. The van der Waals surface area contributed by atoms with Gasteiger partial charge in [0.05, 0.1) is 0 Å². The lowest BCUT2D eigenvalue weighted by molar-refractivity contribution is 0.132. The van der Waals surface area contributed by atoms with E-state index in [1.54, 1.807) is 0 Å². The smallest absolute Gasteiger partial charge is 0.101 e. The van der Waals surface area contributed by atoms with Crippen LogP contribution in [0.1, 0.15) is 225 Å². The molecule has 0 fully saturated rings. The highest BCUT2D eigenvalue weighted by Gasteiger charge is 2.25. The van der Waals surface area contributed by atoms with Crippen molar-refractivity contribution in [1.82, 2.24) is 9.80 Å². The van der Waals surface area contributed by atoms with E-state index in [1.807, 2.05) is 0 Å². The Bertz CT molecular complexity index is 788. The Morgan fingerprint density at radius 3 is 1.13 bits per heavy atom. The summed E-state index contributed by atoms with van der Waals surface area (Å²) < 4.78 is 0. The van der Waals surface area contributed by atoms with Crippen LogP contribution in [-0.4, -0.2) is 22.5 Å². The van der Waals surface area contributed by atoms with Crippen molar-refractivity contribution in [2.24, 2.45) is 0 Å². The molecule has 1 aliphatic rings. The number of rotatable bonds is 35. The van der Waals surface area contributed by atoms with Gasteiger partial charge in [-0.1, -0.05) is 230 Å². The molecular weight excluding hydrogens is 569 g/mol. The summed E-state index contributed by atoms with van der Waals surface area (Å²) in [5, 5.41) is 0. The highest BCUT2D eigenvalue weighted by molar-refractivity contribution is 5.16. The van der Waals surface area contributed by atoms with E-state index in [2.05, 4.69) is 66.4 Å². The molecular formula is C45H82N2. The van der Waals surface area contributed by atoms with E-state index in [9.17, 15) is 0 Å². The maximum atomic E-state index is 2.68. The molecule has 47 heavy (non-hydrogen) atoms. The summed E-state index contributed by atoms with van der Waals surface area (Å²) >= 11 is 0. The van der Waals surface area contributed by atoms with Gasteiger partial charge in [0.1, 0.15) is 6.17 Å². The van der Waals surface area contributed by atoms with Gasteiger partial charge in [-0.3, -0.25) is 0 Å². The minimum atomic E-state index is 0.550. The molecule has 1 atom stereocenters. The highest BCUT2D eigenvalue weighted by Crippen LogP contribution is 2.25. The Kier molecular flexibility index (Phi) is 28.2. The summed E-state index contributed by atoms with van der Waals surface area (Å²) in [6.45, 7) is 6.88. The molecule has 0 N–H and O–H groups in total. The van der Waals surface area contributed by atoms with Crippen LogP contribution < -0.4 is 0 Å². The third-order valence-corrected chi connectivity index (χ3v) is 10.8. The molecule has 0 saturated heterocycles. The molecule has 1 unspecified atom stereocenters. The van der Waals surface area contributed by atoms with Gasteiger partial charge in [0, 0.05) is 25.5 Å². The van der Waals surface area contributed by atoms with Crippen LogP contribution in [0, 0.1) is 0 Å². The second-order valence-electron chi connectivity index (χ2n) is 15.2. The summed E-state index contributed by atoms with van der Waals surface area (Å²) in [5.74, 6) is 0. The monoisotopic (exact) mass is 651 g/mol. The first-order chi connectivity index (χ1) is 23.3. The lowest BCUT2D eigenvalue weighted by Crippen LogP contribution is -2.38. The second kappa shape index (κ2) is 31.8. The van der Waals surface area contributed by atoms with Gasteiger partial charge in [0.15, 0.2) is 0 Å². The Labute approximate surface area is 295 Å². The topological polar surface area (TPSA) is 6.48 Å². The van der Waals surface area contributed by atoms with Crippen LogP contribution in [0.2, 0.25) is 0 Å². The highest BCUT2D eigenvalue weighted by atomic mass is 15.4. The molecule has 0 bridgehead atoms. The Balaban J connectivity index is 1.50. The maximum absolute atomic E-state index is 2.68. The van der Waals surface area contributed by atoms with Gasteiger partial charge in [-0.25, -0.2) is 0 Å². The SMILES string of the molecule is CCCCCCCCCCCCCCCCCCCC1N(CCCCCCCCCCCCCCCC)C=CN1Cc1ccccc1. The average molecular weight is 651 g/mol. The second-order valence-corrected chi connectivity index (χ2v) is 15.2. The van der Waals surface area contributed by atoms with Crippen LogP contribution >= 0.6 is 0 Å². The fraction of sp³-hybridized carbons (Fsp3) is 0.822. The van der Waals surface area contributed by atoms with E-state index in [1.165, 1.54) is 218 Å². The van der Waals surface area contributed by atoms with Gasteiger partial charge in [0.2, 0.25) is 0 Å². The van der Waals surface area contributed by atoms with Crippen LogP contribution in [0.15, 0.2) is 42.7 Å². The van der Waals surface area contributed by atoms with E-state index in [4.69, 9.17) is 0 Å². The zero-order valence-electron chi connectivity index (χ0n) is 32.1. The molecule has 2 nitrogen and oxygen atoms in total. The molecule has 0 aromatic heterocycles. The van der Waals surface area contributed by atoms with Crippen molar-refractivity contribution in [3.8, 4) is 0 Å². The lowest BCUT2D eigenvalue weighted by Gasteiger charge is -2.33. The zero-order chi connectivity index (χ0) is 33.3. The molecule has 272 valence electrons. The molecule has 1 aliphatic heterocycles.